The summed E-state index contributed by atoms with van der Waals surface area (Å²) in [6, 6.07) is 0. The largest absolute Gasteiger partial charge is 0.281 e. The molecule has 18 heavy (non-hydrogen) atoms. The van der Waals surface area contributed by atoms with Crippen LogP contribution in [0.1, 0.15) is 37.8 Å². The van der Waals surface area contributed by atoms with Crippen molar-refractivity contribution in [1.29, 1.82) is 0 Å². The molecule has 1 saturated carbocycles. The van der Waals surface area contributed by atoms with Crippen LogP contribution in [0.15, 0.2) is 11.1 Å². The van der Waals surface area contributed by atoms with Gasteiger partial charge in [0, 0.05) is 10.9 Å². The van der Waals surface area contributed by atoms with E-state index in [0.717, 1.165) is 25.7 Å². The number of alkyl halides is 1. The maximum absolute atomic E-state index is 12.4. The molecule has 0 radical (unpaired) electrons. The molecule has 0 aromatic carbocycles. The first-order valence-electron chi connectivity index (χ1n) is 6.09. The van der Waals surface area contributed by atoms with Gasteiger partial charge < -0.3 is 0 Å². The Bertz CT molecular complexity index is 506. The molecule has 102 valence electrons. The monoisotopic (exact) mass is 335 g/mol. The molecule has 1 fully saturated rings. The third-order valence-electron chi connectivity index (χ3n) is 3.49. The van der Waals surface area contributed by atoms with Gasteiger partial charge >= 0.3 is 0 Å². The second kappa shape index (κ2) is 5.30. The van der Waals surface area contributed by atoms with E-state index in [9.17, 15) is 8.42 Å². The van der Waals surface area contributed by atoms with E-state index in [-0.39, 0.29) is 10.4 Å². The number of nitrogens with zero attached hydrogens (tertiary/aromatic N) is 1. The third kappa shape index (κ3) is 2.78. The molecular formula is C11H18BrN3O2S. The van der Waals surface area contributed by atoms with Crippen molar-refractivity contribution < 1.29 is 8.42 Å². The zero-order valence-electron chi connectivity index (χ0n) is 10.4. The van der Waals surface area contributed by atoms with Crippen molar-refractivity contribution in [2.75, 3.05) is 5.33 Å². The van der Waals surface area contributed by atoms with Crippen LogP contribution in [0.2, 0.25) is 0 Å². The lowest BCUT2D eigenvalue weighted by molar-refractivity contribution is 0.301. The van der Waals surface area contributed by atoms with Crippen LogP contribution in [0.3, 0.4) is 0 Å². The molecule has 1 aromatic rings. The third-order valence-corrected chi connectivity index (χ3v) is 6.26. The summed E-state index contributed by atoms with van der Waals surface area (Å²) >= 11 is 3.45. The van der Waals surface area contributed by atoms with Gasteiger partial charge in [-0.3, -0.25) is 5.10 Å². The second-order valence-corrected chi connectivity index (χ2v) is 7.15. The van der Waals surface area contributed by atoms with E-state index in [0.29, 0.717) is 11.0 Å². The molecule has 1 aliphatic rings. The fourth-order valence-corrected chi connectivity index (χ4v) is 4.93. The number of sulfonamides is 1. The number of aromatic nitrogens is 2. The fourth-order valence-electron chi connectivity index (χ4n) is 2.44. The second-order valence-electron chi connectivity index (χ2n) is 4.94. The SMILES string of the molecule is Cc1[nH]ncc1S(=O)(=O)NC1(CBr)CCCCC1. The number of nitrogens with one attached hydrogen (secondary N) is 2. The summed E-state index contributed by atoms with van der Waals surface area (Å²) < 4.78 is 27.6. The Morgan fingerprint density at radius 3 is 2.61 bits per heavy atom. The fraction of sp³-hybridized carbons (Fsp3) is 0.727. The van der Waals surface area contributed by atoms with Gasteiger partial charge in [0.15, 0.2) is 0 Å². The Hall–Kier alpha value is -0.400. The van der Waals surface area contributed by atoms with Gasteiger partial charge in [0.05, 0.1) is 11.9 Å². The lowest BCUT2D eigenvalue weighted by atomic mass is 9.84. The lowest BCUT2D eigenvalue weighted by Gasteiger charge is -2.36. The Balaban J connectivity index is 2.24. The normalized spacial score (nSPS) is 19.9. The molecule has 0 aliphatic heterocycles. The van der Waals surface area contributed by atoms with E-state index in [1.54, 1.807) is 6.92 Å². The highest BCUT2D eigenvalue weighted by molar-refractivity contribution is 9.09. The van der Waals surface area contributed by atoms with Crippen molar-refractivity contribution in [3.8, 4) is 0 Å². The van der Waals surface area contributed by atoms with Crippen LogP contribution < -0.4 is 4.72 Å². The van der Waals surface area contributed by atoms with E-state index in [4.69, 9.17) is 0 Å². The van der Waals surface area contributed by atoms with Crippen LogP contribution in [-0.4, -0.2) is 29.5 Å². The number of aryl methyl sites for hydroxylation is 1. The van der Waals surface area contributed by atoms with E-state index < -0.39 is 10.0 Å². The molecule has 0 saturated heterocycles. The van der Waals surface area contributed by atoms with Gasteiger partial charge in [-0.2, -0.15) is 5.10 Å². The zero-order chi connectivity index (χ0) is 13.2. The highest BCUT2D eigenvalue weighted by Crippen LogP contribution is 2.31. The highest BCUT2D eigenvalue weighted by atomic mass is 79.9. The quantitative estimate of drug-likeness (QED) is 0.827. The molecule has 0 unspecified atom stereocenters. The predicted molar refractivity (Wildman–Crippen MR) is 73.3 cm³/mol. The maximum Gasteiger partial charge on any atom is 0.244 e. The molecular weight excluding hydrogens is 318 g/mol. The molecule has 1 aromatic heterocycles. The van der Waals surface area contributed by atoms with Crippen LogP contribution in [0.25, 0.3) is 0 Å². The Kier molecular flexibility index (Phi) is 4.13. The van der Waals surface area contributed by atoms with Crippen molar-refractivity contribution in [3.05, 3.63) is 11.9 Å². The number of aromatic amines is 1. The molecule has 0 amide bonds. The van der Waals surface area contributed by atoms with Gasteiger partial charge in [0.2, 0.25) is 10.0 Å². The van der Waals surface area contributed by atoms with Crippen molar-refractivity contribution in [3.63, 3.8) is 0 Å². The van der Waals surface area contributed by atoms with Gasteiger partial charge in [-0.15, -0.1) is 0 Å². The Morgan fingerprint density at radius 2 is 2.11 bits per heavy atom. The van der Waals surface area contributed by atoms with E-state index >= 15 is 0 Å². The van der Waals surface area contributed by atoms with Crippen molar-refractivity contribution in [1.82, 2.24) is 14.9 Å². The van der Waals surface area contributed by atoms with Crippen LogP contribution in [0.5, 0.6) is 0 Å². The molecule has 7 heteroatoms. The minimum atomic E-state index is -3.49. The van der Waals surface area contributed by atoms with E-state index in [1.165, 1.54) is 12.6 Å². The number of halogens is 1. The van der Waals surface area contributed by atoms with Crippen molar-refractivity contribution in [2.24, 2.45) is 0 Å². The summed E-state index contributed by atoms with van der Waals surface area (Å²) in [7, 11) is -3.49. The number of hydrogen-bond acceptors (Lipinski definition) is 3. The van der Waals surface area contributed by atoms with Gasteiger partial charge in [-0.05, 0) is 19.8 Å². The van der Waals surface area contributed by atoms with Gasteiger partial charge in [-0.1, -0.05) is 35.2 Å². The molecule has 2 rings (SSSR count). The molecule has 5 nitrogen and oxygen atoms in total. The minimum absolute atomic E-state index is 0.244. The van der Waals surface area contributed by atoms with Gasteiger partial charge in [-0.25, -0.2) is 13.1 Å². The van der Waals surface area contributed by atoms with Crippen LogP contribution in [0.4, 0.5) is 0 Å². The summed E-state index contributed by atoms with van der Waals surface area (Å²) in [6.07, 6.45) is 6.45. The zero-order valence-corrected chi connectivity index (χ0v) is 12.8. The summed E-state index contributed by atoms with van der Waals surface area (Å²) in [4.78, 5) is 0.244. The molecule has 1 aliphatic carbocycles. The molecule has 0 bridgehead atoms. The highest BCUT2D eigenvalue weighted by Gasteiger charge is 2.36. The van der Waals surface area contributed by atoms with E-state index in [2.05, 4.69) is 30.8 Å². The molecule has 0 spiro atoms. The lowest BCUT2D eigenvalue weighted by Crippen LogP contribution is -2.51. The molecule has 1 heterocycles. The predicted octanol–water partition coefficient (Wildman–Crippen LogP) is 2.09. The van der Waals surface area contributed by atoms with Crippen LogP contribution >= 0.6 is 15.9 Å². The first-order valence-corrected chi connectivity index (χ1v) is 8.69. The Morgan fingerprint density at radius 1 is 1.44 bits per heavy atom. The minimum Gasteiger partial charge on any atom is -0.281 e. The average Bonchev–Trinajstić information content (AvgIpc) is 2.77. The molecule has 0 atom stereocenters. The van der Waals surface area contributed by atoms with E-state index in [1.807, 2.05) is 0 Å². The number of rotatable bonds is 4. The summed E-state index contributed by atoms with van der Waals surface area (Å²) in [5, 5.41) is 7.08. The standard InChI is InChI=1S/C11H18BrN3O2S/c1-9-10(7-13-14-9)18(16,17)15-11(8-12)5-3-2-4-6-11/h7,15H,2-6,8H2,1H3,(H,13,14). The topological polar surface area (TPSA) is 74.8 Å². The Labute approximate surface area is 116 Å². The summed E-state index contributed by atoms with van der Waals surface area (Å²) in [5.41, 5.74) is 0.226. The molecule has 2 N–H and O–H groups in total. The van der Waals surface area contributed by atoms with Gasteiger partial charge in [0.25, 0.3) is 0 Å². The average molecular weight is 336 g/mol. The van der Waals surface area contributed by atoms with Crippen molar-refractivity contribution >= 4 is 26.0 Å². The maximum atomic E-state index is 12.4. The number of H-pyrrole nitrogens is 1. The first-order chi connectivity index (χ1) is 8.49. The smallest absolute Gasteiger partial charge is 0.244 e. The van der Waals surface area contributed by atoms with Crippen molar-refractivity contribution in [2.45, 2.75) is 49.5 Å². The van der Waals surface area contributed by atoms with Gasteiger partial charge in [0.1, 0.15) is 4.90 Å². The van der Waals surface area contributed by atoms with Crippen LogP contribution in [-0.2, 0) is 10.0 Å². The summed E-state index contributed by atoms with van der Waals surface area (Å²) in [5.74, 6) is 0. The van der Waals surface area contributed by atoms with Crippen LogP contribution in [0, 0.1) is 6.92 Å². The first kappa shape index (κ1) is 14.0. The number of hydrogen-bond donors (Lipinski definition) is 2. The summed E-state index contributed by atoms with van der Waals surface area (Å²) in [6.45, 7) is 1.71.